The molecule has 2 fully saturated rings. The van der Waals surface area contributed by atoms with E-state index in [0.717, 1.165) is 31.5 Å². The van der Waals surface area contributed by atoms with Crippen LogP contribution in [0.15, 0.2) is 18.2 Å². The van der Waals surface area contributed by atoms with Gasteiger partial charge in [0.1, 0.15) is 5.60 Å². The summed E-state index contributed by atoms with van der Waals surface area (Å²) in [5.74, 6) is -1.50. The fourth-order valence-corrected chi connectivity index (χ4v) is 3.72. The van der Waals surface area contributed by atoms with Gasteiger partial charge in [0.2, 0.25) is 0 Å². The second kappa shape index (κ2) is 8.73. The summed E-state index contributed by atoms with van der Waals surface area (Å²) in [5.41, 5.74) is 1.12. The van der Waals surface area contributed by atoms with E-state index in [0.29, 0.717) is 11.3 Å². The van der Waals surface area contributed by atoms with Crippen molar-refractivity contribution in [2.24, 2.45) is 0 Å². The highest BCUT2D eigenvalue weighted by Gasteiger charge is 2.41. The number of aryl methyl sites for hydroxylation is 1. The molecule has 2 saturated heterocycles. The van der Waals surface area contributed by atoms with Crippen LogP contribution in [0.2, 0.25) is 0 Å². The van der Waals surface area contributed by atoms with Gasteiger partial charge >= 0.3 is 5.97 Å². The van der Waals surface area contributed by atoms with E-state index in [9.17, 15) is 19.5 Å². The molecule has 0 aliphatic carbocycles. The van der Waals surface area contributed by atoms with Crippen LogP contribution in [0.1, 0.15) is 49.5 Å². The molecular formula is C22H30N2O6. The zero-order chi connectivity index (χ0) is 22.1. The molecule has 0 spiro atoms. The molecule has 8 heteroatoms. The van der Waals surface area contributed by atoms with Crippen LogP contribution < -0.4 is 4.90 Å². The second-order valence-electron chi connectivity index (χ2n) is 8.82. The van der Waals surface area contributed by atoms with E-state index in [4.69, 9.17) is 9.47 Å². The number of ether oxygens (including phenoxy) is 2. The maximum absolute atomic E-state index is 13.0. The third-order valence-corrected chi connectivity index (χ3v) is 5.07. The lowest BCUT2D eigenvalue weighted by molar-refractivity contribution is -0.177. The fraction of sp³-hybridized carbons (Fsp3) is 0.591. The Kier molecular flexibility index (Phi) is 6.47. The number of nitrogens with zero attached hydrogens (tertiary/aromatic N) is 2. The normalized spacial score (nSPS) is 21.0. The Labute approximate surface area is 176 Å². The Bertz CT molecular complexity index is 825. The van der Waals surface area contributed by atoms with Crippen LogP contribution in [-0.2, 0) is 19.1 Å². The molecule has 0 aromatic heterocycles. The summed E-state index contributed by atoms with van der Waals surface area (Å²) >= 11 is 0. The molecule has 2 atom stereocenters. The summed E-state index contributed by atoms with van der Waals surface area (Å²) < 4.78 is 10.6. The minimum Gasteiger partial charge on any atom is -0.458 e. The SMILES string of the molecule is Cc1cc(C(=O)N2CCCC2)cc(N2CCOC(C(O)C(=O)OC(C)(C)C)C2=O)c1. The van der Waals surface area contributed by atoms with Gasteiger partial charge < -0.3 is 24.4 Å². The van der Waals surface area contributed by atoms with Gasteiger partial charge in [0.05, 0.1) is 6.61 Å². The summed E-state index contributed by atoms with van der Waals surface area (Å²) in [6, 6.07) is 5.30. The van der Waals surface area contributed by atoms with Gasteiger partial charge in [-0.1, -0.05) is 0 Å². The first-order valence-corrected chi connectivity index (χ1v) is 10.3. The number of benzene rings is 1. The number of amides is 2. The highest BCUT2D eigenvalue weighted by atomic mass is 16.6. The molecule has 164 valence electrons. The van der Waals surface area contributed by atoms with Gasteiger partial charge in [0.25, 0.3) is 11.8 Å². The largest absolute Gasteiger partial charge is 0.458 e. The Morgan fingerprint density at radius 1 is 1.17 bits per heavy atom. The van der Waals surface area contributed by atoms with E-state index in [-0.39, 0.29) is 19.1 Å². The van der Waals surface area contributed by atoms with Crippen molar-refractivity contribution in [3.05, 3.63) is 29.3 Å². The van der Waals surface area contributed by atoms with E-state index in [1.165, 1.54) is 4.90 Å². The highest BCUT2D eigenvalue weighted by Crippen LogP contribution is 2.25. The molecule has 1 aromatic rings. The summed E-state index contributed by atoms with van der Waals surface area (Å²) in [7, 11) is 0. The van der Waals surface area contributed by atoms with Crippen molar-refractivity contribution in [3.63, 3.8) is 0 Å². The molecule has 1 N–H and O–H groups in total. The van der Waals surface area contributed by atoms with E-state index >= 15 is 0 Å². The van der Waals surface area contributed by atoms with Gasteiger partial charge in [-0.05, 0) is 64.3 Å². The van der Waals surface area contributed by atoms with Gasteiger partial charge in [-0.3, -0.25) is 9.59 Å². The zero-order valence-electron chi connectivity index (χ0n) is 18.0. The van der Waals surface area contributed by atoms with Crippen molar-refractivity contribution in [3.8, 4) is 0 Å². The quantitative estimate of drug-likeness (QED) is 0.747. The number of hydrogen-bond acceptors (Lipinski definition) is 6. The fourth-order valence-electron chi connectivity index (χ4n) is 3.72. The smallest absolute Gasteiger partial charge is 0.338 e. The first-order valence-electron chi connectivity index (χ1n) is 10.3. The Morgan fingerprint density at radius 3 is 2.47 bits per heavy atom. The molecule has 2 amide bonds. The number of aliphatic hydroxyl groups excluding tert-OH is 1. The summed E-state index contributed by atoms with van der Waals surface area (Å²) in [6.45, 7) is 8.79. The van der Waals surface area contributed by atoms with Crippen LogP contribution in [0, 0.1) is 6.92 Å². The Balaban J connectivity index is 1.80. The molecule has 2 aliphatic rings. The number of aliphatic hydroxyl groups is 1. The average molecular weight is 418 g/mol. The Morgan fingerprint density at radius 2 is 1.83 bits per heavy atom. The molecule has 3 rings (SSSR count). The average Bonchev–Trinajstić information content (AvgIpc) is 3.20. The van der Waals surface area contributed by atoms with Crippen molar-refractivity contribution in [1.82, 2.24) is 4.90 Å². The zero-order valence-corrected chi connectivity index (χ0v) is 18.0. The number of likely N-dealkylation sites (tertiary alicyclic amines) is 1. The van der Waals surface area contributed by atoms with Crippen molar-refractivity contribution >= 4 is 23.5 Å². The van der Waals surface area contributed by atoms with Crippen molar-refractivity contribution in [2.45, 2.75) is 58.3 Å². The summed E-state index contributed by atoms with van der Waals surface area (Å²) in [5, 5.41) is 10.4. The van der Waals surface area contributed by atoms with E-state index in [1.54, 1.807) is 32.9 Å². The predicted molar refractivity (Wildman–Crippen MR) is 110 cm³/mol. The number of rotatable bonds is 4. The molecule has 2 unspecified atom stereocenters. The lowest BCUT2D eigenvalue weighted by Gasteiger charge is -2.35. The highest BCUT2D eigenvalue weighted by molar-refractivity contribution is 6.02. The minimum absolute atomic E-state index is 0.0523. The topological polar surface area (TPSA) is 96.4 Å². The first kappa shape index (κ1) is 22.2. The van der Waals surface area contributed by atoms with E-state index < -0.39 is 29.7 Å². The molecule has 2 aliphatic heterocycles. The van der Waals surface area contributed by atoms with Crippen molar-refractivity contribution in [2.75, 3.05) is 31.1 Å². The van der Waals surface area contributed by atoms with Crippen LogP contribution in [0.3, 0.4) is 0 Å². The molecular weight excluding hydrogens is 388 g/mol. The minimum atomic E-state index is -1.73. The van der Waals surface area contributed by atoms with E-state index in [2.05, 4.69) is 0 Å². The second-order valence-corrected chi connectivity index (χ2v) is 8.82. The van der Waals surface area contributed by atoms with Crippen LogP contribution >= 0.6 is 0 Å². The lowest BCUT2D eigenvalue weighted by Crippen LogP contribution is -2.55. The molecule has 8 nitrogen and oxygen atoms in total. The number of hydrogen-bond donors (Lipinski definition) is 1. The lowest BCUT2D eigenvalue weighted by atomic mass is 10.1. The van der Waals surface area contributed by atoms with Gasteiger partial charge in [0.15, 0.2) is 12.2 Å². The first-order chi connectivity index (χ1) is 14.1. The van der Waals surface area contributed by atoms with Crippen LogP contribution in [0.4, 0.5) is 5.69 Å². The number of anilines is 1. The number of morpholine rings is 1. The maximum atomic E-state index is 13.0. The number of carbonyl (C=O) groups excluding carboxylic acids is 3. The Hall–Kier alpha value is -2.45. The molecule has 0 radical (unpaired) electrons. The van der Waals surface area contributed by atoms with Crippen LogP contribution in [-0.4, -0.2) is 71.8 Å². The standard InChI is InChI=1S/C22H30N2O6/c1-14-11-15(19(26)23-7-5-6-8-23)13-16(12-14)24-9-10-29-18(20(24)27)17(25)21(28)30-22(2,3)4/h11-13,17-18,25H,5-10H2,1-4H3. The van der Waals surface area contributed by atoms with Crippen molar-refractivity contribution < 1.29 is 29.0 Å². The summed E-state index contributed by atoms with van der Waals surface area (Å²) in [4.78, 5) is 41.3. The van der Waals surface area contributed by atoms with Gasteiger partial charge in [-0.15, -0.1) is 0 Å². The third kappa shape index (κ3) is 4.99. The van der Waals surface area contributed by atoms with Crippen molar-refractivity contribution in [1.29, 1.82) is 0 Å². The van der Waals surface area contributed by atoms with Gasteiger partial charge in [0, 0.05) is 30.9 Å². The predicted octanol–water partition coefficient (Wildman–Crippen LogP) is 1.67. The molecule has 1 aromatic carbocycles. The van der Waals surface area contributed by atoms with Gasteiger partial charge in [-0.2, -0.15) is 0 Å². The van der Waals surface area contributed by atoms with Gasteiger partial charge in [-0.25, -0.2) is 4.79 Å². The molecule has 2 heterocycles. The number of esters is 1. The monoisotopic (exact) mass is 418 g/mol. The van der Waals surface area contributed by atoms with E-state index in [1.807, 2.05) is 17.9 Å². The van der Waals surface area contributed by atoms with Crippen LogP contribution in [0.25, 0.3) is 0 Å². The molecule has 0 bridgehead atoms. The summed E-state index contributed by atoms with van der Waals surface area (Å²) in [6.07, 6.45) is -1.09. The molecule has 0 saturated carbocycles. The third-order valence-electron chi connectivity index (χ3n) is 5.07. The maximum Gasteiger partial charge on any atom is 0.338 e. The molecule has 30 heavy (non-hydrogen) atoms. The number of carbonyl (C=O) groups is 3. The van der Waals surface area contributed by atoms with Crippen LogP contribution in [0.5, 0.6) is 0 Å².